The van der Waals surface area contributed by atoms with Crippen LogP contribution in [0.2, 0.25) is 0 Å². The summed E-state index contributed by atoms with van der Waals surface area (Å²) in [6, 6.07) is 5.51. The van der Waals surface area contributed by atoms with Crippen LogP contribution in [0.25, 0.3) is 0 Å². The third-order valence-corrected chi connectivity index (χ3v) is 3.48. The van der Waals surface area contributed by atoms with Crippen LogP contribution in [0.3, 0.4) is 0 Å². The Morgan fingerprint density at radius 2 is 1.95 bits per heavy atom. The third-order valence-electron chi connectivity index (χ3n) is 3.48. The van der Waals surface area contributed by atoms with Crippen LogP contribution < -0.4 is 10.6 Å². The number of hydrogen-bond donors (Lipinski definition) is 2. The molecule has 0 bridgehead atoms. The van der Waals surface area contributed by atoms with Gasteiger partial charge in [0.1, 0.15) is 0 Å². The topological polar surface area (TPSA) is 24.1 Å². The molecule has 1 saturated heterocycles. The van der Waals surface area contributed by atoms with Crippen molar-refractivity contribution in [1.82, 2.24) is 10.6 Å². The maximum Gasteiger partial charge on any atom is 0.416 e. The zero-order valence-electron chi connectivity index (χ0n) is 10.8. The highest BCUT2D eigenvalue weighted by molar-refractivity contribution is 5.25. The highest BCUT2D eigenvalue weighted by atomic mass is 19.4. The van der Waals surface area contributed by atoms with Gasteiger partial charge in [0.25, 0.3) is 0 Å². The van der Waals surface area contributed by atoms with Crippen molar-refractivity contribution in [3.05, 3.63) is 35.4 Å². The monoisotopic (exact) mass is 272 g/mol. The summed E-state index contributed by atoms with van der Waals surface area (Å²) in [5.41, 5.74) is 0.109. The van der Waals surface area contributed by atoms with Gasteiger partial charge in [-0.25, -0.2) is 0 Å². The highest BCUT2D eigenvalue weighted by Crippen LogP contribution is 2.29. The van der Waals surface area contributed by atoms with Crippen molar-refractivity contribution in [3.8, 4) is 0 Å². The Balaban J connectivity index is 1.82. The predicted molar refractivity (Wildman–Crippen MR) is 68.7 cm³/mol. The molecule has 0 amide bonds. The zero-order chi connectivity index (χ0) is 13.7. The third kappa shape index (κ3) is 4.51. The maximum atomic E-state index is 12.6. The average molecular weight is 272 g/mol. The van der Waals surface area contributed by atoms with Gasteiger partial charge in [-0.2, -0.15) is 13.2 Å². The Labute approximate surface area is 111 Å². The molecule has 0 aromatic heterocycles. The Hall–Kier alpha value is -1.07. The van der Waals surface area contributed by atoms with E-state index >= 15 is 0 Å². The molecule has 1 aliphatic rings. The largest absolute Gasteiger partial charge is 0.416 e. The first-order chi connectivity index (χ1) is 9.05. The molecule has 1 aliphatic heterocycles. The van der Waals surface area contributed by atoms with Crippen LogP contribution in [0.15, 0.2) is 24.3 Å². The van der Waals surface area contributed by atoms with Crippen LogP contribution in [0, 0.1) is 5.92 Å². The van der Waals surface area contributed by atoms with Crippen molar-refractivity contribution in [1.29, 1.82) is 0 Å². The standard InChI is InChI=1S/C14H19F3N2/c15-14(16,17)13-3-1-2-12(8-13)10-19-9-11-4-6-18-7-5-11/h1-3,8,11,18-19H,4-7,9-10H2. The molecular formula is C14H19F3N2. The lowest BCUT2D eigenvalue weighted by atomic mass is 9.98. The average Bonchev–Trinajstić information content (AvgIpc) is 2.39. The van der Waals surface area contributed by atoms with E-state index in [9.17, 15) is 13.2 Å². The van der Waals surface area contributed by atoms with Crippen LogP contribution in [-0.4, -0.2) is 19.6 Å². The molecule has 2 nitrogen and oxygen atoms in total. The van der Waals surface area contributed by atoms with Crippen molar-refractivity contribution in [2.45, 2.75) is 25.6 Å². The molecular weight excluding hydrogens is 253 g/mol. The molecule has 5 heteroatoms. The fourth-order valence-electron chi connectivity index (χ4n) is 2.36. The summed E-state index contributed by atoms with van der Waals surface area (Å²) in [4.78, 5) is 0. The molecule has 1 heterocycles. The summed E-state index contributed by atoms with van der Waals surface area (Å²) in [6.45, 7) is 3.44. The Morgan fingerprint density at radius 3 is 2.63 bits per heavy atom. The fourth-order valence-corrected chi connectivity index (χ4v) is 2.36. The molecule has 1 aromatic rings. The second-order valence-electron chi connectivity index (χ2n) is 5.02. The molecule has 0 saturated carbocycles. The minimum absolute atomic E-state index is 0.494. The number of rotatable bonds is 4. The molecule has 19 heavy (non-hydrogen) atoms. The van der Waals surface area contributed by atoms with E-state index in [-0.39, 0.29) is 0 Å². The molecule has 1 fully saturated rings. The Bertz CT molecular complexity index is 398. The maximum absolute atomic E-state index is 12.6. The van der Waals surface area contributed by atoms with E-state index in [0.29, 0.717) is 18.0 Å². The van der Waals surface area contributed by atoms with E-state index in [4.69, 9.17) is 0 Å². The van der Waals surface area contributed by atoms with Gasteiger partial charge < -0.3 is 10.6 Å². The van der Waals surface area contributed by atoms with Crippen LogP contribution in [0.1, 0.15) is 24.0 Å². The second kappa shape index (κ2) is 6.39. The summed E-state index contributed by atoms with van der Waals surface area (Å²) >= 11 is 0. The van der Waals surface area contributed by atoms with Gasteiger partial charge in [0.05, 0.1) is 5.56 Å². The quantitative estimate of drug-likeness (QED) is 0.880. The van der Waals surface area contributed by atoms with Crippen LogP contribution in [0.4, 0.5) is 13.2 Å². The zero-order valence-corrected chi connectivity index (χ0v) is 10.8. The molecule has 1 aromatic carbocycles. The summed E-state index contributed by atoms with van der Waals surface area (Å²) in [7, 11) is 0. The lowest BCUT2D eigenvalue weighted by Gasteiger charge is -2.22. The van der Waals surface area contributed by atoms with Gasteiger partial charge >= 0.3 is 6.18 Å². The Kier molecular flexibility index (Phi) is 4.82. The normalized spacial score (nSPS) is 17.6. The lowest BCUT2D eigenvalue weighted by Crippen LogP contribution is -2.33. The van der Waals surface area contributed by atoms with Crippen molar-refractivity contribution < 1.29 is 13.2 Å². The molecule has 0 spiro atoms. The van der Waals surface area contributed by atoms with E-state index in [2.05, 4.69) is 10.6 Å². The van der Waals surface area contributed by atoms with Gasteiger partial charge in [-0.05, 0) is 50.0 Å². The molecule has 2 rings (SSSR count). The van der Waals surface area contributed by atoms with Crippen molar-refractivity contribution in [2.24, 2.45) is 5.92 Å². The molecule has 0 radical (unpaired) electrons. The van der Waals surface area contributed by atoms with Gasteiger partial charge in [-0.15, -0.1) is 0 Å². The SMILES string of the molecule is FC(F)(F)c1cccc(CNCC2CCNCC2)c1. The predicted octanol–water partition coefficient (Wildman–Crippen LogP) is 2.79. The summed E-state index contributed by atoms with van der Waals surface area (Å²) in [6.07, 6.45) is -1.99. The second-order valence-corrected chi connectivity index (χ2v) is 5.02. The summed E-state index contributed by atoms with van der Waals surface area (Å²) in [5, 5.41) is 6.55. The van der Waals surface area contributed by atoms with Crippen molar-refractivity contribution in [3.63, 3.8) is 0 Å². The summed E-state index contributed by atoms with van der Waals surface area (Å²) in [5.74, 6) is 0.632. The van der Waals surface area contributed by atoms with Crippen LogP contribution in [0.5, 0.6) is 0 Å². The first kappa shape index (κ1) is 14.3. The van der Waals surface area contributed by atoms with Crippen LogP contribution >= 0.6 is 0 Å². The fraction of sp³-hybridized carbons (Fsp3) is 0.571. The van der Waals surface area contributed by atoms with Crippen LogP contribution in [-0.2, 0) is 12.7 Å². The van der Waals surface area contributed by atoms with E-state index in [1.807, 2.05) is 0 Å². The minimum atomic E-state index is -4.26. The van der Waals surface area contributed by atoms with E-state index in [1.165, 1.54) is 12.1 Å². The molecule has 2 N–H and O–H groups in total. The van der Waals surface area contributed by atoms with E-state index < -0.39 is 11.7 Å². The minimum Gasteiger partial charge on any atom is -0.317 e. The highest BCUT2D eigenvalue weighted by Gasteiger charge is 2.30. The number of hydrogen-bond acceptors (Lipinski definition) is 2. The van der Waals surface area contributed by atoms with Gasteiger partial charge in [-0.1, -0.05) is 18.2 Å². The molecule has 0 aliphatic carbocycles. The first-order valence-electron chi connectivity index (χ1n) is 6.63. The summed E-state index contributed by atoms with van der Waals surface area (Å²) < 4.78 is 37.7. The van der Waals surface area contributed by atoms with Gasteiger partial charge in [0, 0.05) is 6.54 Å². The lowest BCUT2D eigenvalue weighted by molar-refractivity contribution is -0.137. The molecule has 0 unspecified atom stereocenters. The first-order valence-corrected chi connectivity index (χ1v) is 6.63. The molecule has 106 valence electrons. The van der Waals surface area contributed by atoms with E-state index in [0.717, 1.165) is 38.5 Å². The van der Waals surface area contributed by atoms with Crippen molar-refractivity contribution in [2.75, 3.05) is 19.6 Å². The smallest absolute Gasteiger partial charge is 0.317 e. The number of halogens is 3. The number of piperidine rings is 1. The van der Waals surface area contributed by atoms with Gasteiger partial charge in [0.15, 0.2) is 0 Å². The molecule has 0 atom stereocenters. The Morgan fingerprint density at radius 1 is 1.21 bits per heavy atom. The number of alkyl halides is 3. The number of benzene rings is 1. The number of nitrogens with one attached hydrogen (secondary N) is 2. The van der Waals surface area contributed by atoms with E-state index in [1.54, 1.807) is 6.07 Å². The van der Waals surface area contributed by atoms with Gasteiger partial charge in [-0.3, -0.25) is 0 Å². The van der Waals surface area contributed by atoms with Gasteiger partial charge in [0.2, 0.25) is 0 Å². The van der Waals surface area contributed by atoms with Crippen molar-refractivity contribution >= 4 is 0 Å².